The number of alkyl halides is 1. The smallest absolute Gasteiger partial charge is 0.357 e. The number of aromatic nitrogens is 1. The van der Waals surface area contributed by atoms with Crippen LogP contribution in [-0.2, 0) is 16.1 Å². The molecule has 0 aliphatic carbocycles. The van der Waals surface area contributed by atoms with E-state index in [1.54, 1.807) is 10.3 Å². The van der Waals surface area contributed by atoms with Crippen molar-refractivity contribution in [1.29, 1.82) is 0 Å². The summed E-state index contributed by atoms with van der Waals surface area (Å²) in [5.74, 6) is -0.183. The van der Waals surface area contributed by atoms with Gasteiger partial charge in [-0.05, 0) is 20.3 Å². The summed E-state index contributed by atoms with van der Waals surface area (Å²) in [7, 11) is 1.32. The van der Waals surface area contributed by atoms with E-state index >= 15 is 0 Å². The molecule has 0 aliphatic rings. The molecule has 0 unspecified atom stereocenters. The highest BCUT2D eigenvalue weighted by molar-refractivity contribution is 7.09. The summed E-state index contributed by atoms with van der Waals surface area (Å²) in [5.41, 5.74) is -0.332. The van der Waals surface area contributed by atoms with E-state index in [0.29, 0.717) is 13.1 Å². The molecule has 1 aromatic rings. The van der Waals surface area contributed by atoms with Gasteiger partial charge in [0.05, 0.1) is 19.1 Å². The molecule has 0 N–H and O–H groups in total. The number of halogens is 1. The van der Waals surface area contributed by atoms with Gasteiger partial charge in [0.2, 0.25) is 5.91 Å². The van der Waals surface area contributed by atoms with Crippen LogP contribution in [0.15, 0.2) is 5.38 Å². The molecule has 5 nitrogen and oxygen atoms in total. The van der Waals surface area contributed by atoms with Gasteiger partial charge < -0.3 is 9.64 Å². The Morgan fingerprint density at radius 2 is 2.09 bits per heavy atom. The summed E-state index contributed by atoms with van der Waals surface area (Å²) in [6.07, 6.45) is 3.09. The normalized spacial score (nSPS) is 11.3. The highest BCUT2D eigenvalue weighted by atomic mass is 35.5. The van der Waals surface area contributed by atoms with Crippen molar-refractivity contribution in [3.05, 3.63) is 16.1 Å². The van der Waals surface area contributed by atoms with Crippen LogP contribution in [0.5, 0.6) is 0 Å². The summed E-state index contributed by atoms with van der Waals surface area (Å²) in [4.78, 5) is 30.3. The number of esters is 1. The highest BCUT2D eigenvalue weighted by Gasteiger charge is 2.31. The van der Waals surface area contributed by atoms with E-state index < -0.39 is 11.4 Å². The van der Waals surface area contributed by atoms with E-state index in [2.05, 4.69) is 16.6 Å². The van der Waals surface area contributed by atoms with Gasteiger partial charge in [-0.2, -0.15) is 0 Å². The summed E-state index contributed by atoms with van der Waals surface area (Å²) in [6, 6.07) is 0. The van der Waals surface area contributed by atoms with Crippen LogP contribution in [-0.4, -0.2) is 41.3 Å². The summed E-state index contributed by atoms with van der Waals surface area (Å²) >= 11 is 7.30. The first-order valence-corrected chi connectivity index (χ1v) is 9.15. The molecule has 0 fully saturated rings. The molecular formula is C16H25ClN2O3S. The van der Waals surface area contributed by atoms with Gasteiger partial charge in [-0.3, -0.25) is 4.79 Å². The predicted molar refractivity (Wildman–Crippen MR) is 92.9 cm³/mol. The molecule has 0 aromatic carbocycles. The lowest BCUT2D eigenvalue weighted by atomic mass is 9.94. The van der Waals surface area contributed by atoms with E-state index in [1.165, 1.54) is 18.4 Å². The Morgan fingerprint density at radius 3 is 2.65 bits per heavy atom. The number of carbonyl (C=O) groups is 2. The fourth-order valence-electron chi connectivity index (χ4n) is 2.04. The lowest BCUT2D eigenvalue weighted by Crippen LogP contribution is -2.42. The molecule has 0 saturated heterocycles. The van der Waals surface area contributed by atoms with Crippen LogP contribution in [0.3, 0.4) is 0 Å². The van der Waals surface area contributed by atoms with Gasteiger partial charge in [-0.15, -0.1) is 22.9 Å². The zero-order valence-corrected chi connectivity index (χ0v) is 15.8. The first kappa shape index (κ1) is 19.9. The second-order valence-electron chi connectivity index (χ2n) is 6.07. The van der Waals surface area contributed by atoms with Crippen molar-refractivity contribution in [2.45, 2.75) is 46.6 Å². The Balaban J connectivity index is 2.85. The van der Waals surface area contributed by atoms with Gasteiger partial charge in [0, 0.05) is 17.8 Å². The SMILES string of the molecule is CCCCCN(Cc1nc(C(=O)OC)cs1)C(=O)C(C)(C)CCl. The number of nitrogens with zero attached hydrogens (tertiary/aromatic N) is 2. The fraction of sp³-hybridized carbons (Fsp3) is 0.688. The Kier molecular flexibility index (Phi) is 7.99. The second kappa shape index (κ2) is 9.23. The standard InChI is InChI=1S/C16H25ClN2O3S/c1-5-6-7-8-19(15(21)16(2,3)11-17)9-13-18-12(10-23-13)14(20)22-4/h10H,5-9,11H2,1-4H3. The largest absolute Gasteiger partial charge is 0.464 e. The van der Waals surface area contributed by atoms with E-state index in [1.807, 2.05) is 13.8 Å². The van der Waals surface area contributed by atoms with Gasteiger partial charge in [0.15, 0.2) is 5.69 Å². The van der Waals surface area contributed by atoms with Gasteiger partial charge in [0.25, 0.3) is 0 Å². The first-order valence-electron chi connectivity index (χ1n) is 7.73. The summed E-state index contributed by atoms with van der Waals surface area (Å²) < 4.78 is 4.66. The van der Waals surface area contributed by atoms with Gasteiger partial charge >= 0.3 is 5.97 Å². The number of rotatable bonds is 9. The number of thiazole rings is 1. The third-order valence-electron chi connectivity index (χ3n) is 3.50. The molecule has 0 radical (unpaired) electrons. The number of unbranched alkanes of at least 4 members (excludes halogenated alkanes) is 2. The minimum absolute atomic E-state index is 0.0124. The van der Waals surface area contributed by atoms with Crippen LogP contribution in [0.2, 0.25) is 0 Å². The Labute approximate surface area is 147 Å². The molecule has 1 amide bonds. The monoisotopic (exact) mass is 360 g/mol. The van der Waals surface area contributed by atoms with Crippen molar-refractivity contribution in [1.82, 2.24) is 9.88 Å². The first-order chi connectivity index (χ1) is 10.9. The number of hydrogen-bond acceptors (Lipinski definition) is 5. The molecule has 7 heteroatoms. The maximum atomic E-state index is 12.7. The summed E-state index contributed by atoms with van der Waals surface area (Å²) in [5, 5.41) is 2.38. The molecule has 0 bridgehead atoms. The Bertz CT molecular complexity index is 531. The number of ether oxygens (including phenoxy) is 1. The third kappa shape index (κ3) is 5.77. The van der Waals surface area contributed by atoms with Gasteiger partial charge in [-0.1, -0.05) is 19.8 Å². The van der Waals surface area contributed by atoms with Crippen LogP contribution >= 0.6 is 22.9 Å². The molecule has 1 aromatic heterocycles. The average Bonchev–Trinajstić information content (AvgIpc) is 3.01. The fourth-order valence-corrected chi connectivity index (χ4v) is 2.93. The second-order valence-corrected chi connectivity index (χ2v) is 7.28. The molecule has 1 rings (SSSR count). The summed E-state index contributed by atoms with van der Waals surface area (Å²) in [6.45, 7) is 6.87. The minimum atomic E-state index is -0.615. The Morgan fingerprint density at radius 1 is 1.39 bits per heavy atom. The van der Waals surface area contributed by atoms with Crippen LogP contribution in [0.1, 0.15) is 55.5 Å². The van der Waals surface area contributed by atoms with Crippen LogP contribution in [0.25, 0.3) is 0 Å². The number of methoxy groups -OCH3 is 1. The van der Waals surface area contributed by atoms with Crippen molar-refractivity contribution in [2.24, 2.45) is 5.41 Å². The molecule has 0 aliphatic heterocycles. The van der Waals surface area contributed by atoms with Crippen molar-refractivity contribution >= 4 is 34.8 Å². The zero-order chi connectivity index (χ0) is 17.5. The van der Waals surface area contributed by atoms with Gasteiger partial charge in [-0.25, -0.2) is 9.78 Å². The van der Waals surface area contributed by atoms with E-state index in [4.69, 9.17) is 11.6 Å². The maximum absolute atomic E-state index is 12.7. The minimum Gasteiger partial charge on any atom is -0.464 e. The molecule has 23 heavy (non-hydrogen) atoms. The van der Waals surface area contributed by atoms with Crippen LogP contribution in [0.4, 0.5) is 0 Å². The van der Waals surface area contributed by atoms with E-state index in [-0.39, 0.29) is 17.5 Å². The highest BCUT2D eigenvalue weighted by Crippen LogP contribution is 2.23. The van der Waals surface area contributed by atoms with Crippen molar-refractivity contribution < 1.29 is 14.3 Å². The lowest BCUT2D eigenvalue weighted by molar-refractivity contribution is -0.140. The molecule has 0 spiro atoms. The molecular weight excluding hydrogens is 336 g/mol. The molecule has 1 heterocycles. The van der Waals surface area contributed by atoms with Crippen molar-refractivity contribution in [2.75, 3.05) is 19.5 Å². The third-order valence-corrected chi connectivity index (χ3v) is 5.01. The molecule has 130 valence electrons. The van der Waals surface area contributed by atoms with E-state index in [9.17, 15) is 9.59 Å². The van der Waals surface area contributed by atoms with Crippen LogP contribution in [0, 0.1) is 5.41 Å². The van der Waals surface area contributed by atoms with Gasteiger partial charge in [0.1, 0.15) is 5.01 Å². The number of amides is 1. The van der Waals surface area contributed by atoms with Crippen molar-refractivity contribution in [3.63, 3.8) is 0 Å². The Hall–Kier alpha value is -1.14. The maximum Gasteiger partial charge on any atom is 0.357 e. The quantitative estimate of drug-likeness (QED) is 0.382. The van der Waals surface area contributed by atoms with E-state index in [0.717, 1.165) is 24.3 Å². The van der Waals surface area contributed by atoms with Crippen molar-refractivity contribution in [3.8, 4) is 0 Å². The average molecular weight is 361 g/mol. The zero-order valence-electron chi connectivity index (χ0n) is 14.2. The number of hydrogen-bond donors (Lipinski definition) is 0. The van der Waals surface area contributed by atoms with Crippen LogP contribution < -0.4 is 0 Å². The predicted octanol–water partition coefficient (Wildman–Crippen LogP) is 3.71. The molecule has 0 saturated carbocycles. The number of carbonyl (C=O) groups excluding carboxylic acids is 2. The molecule has 0 atom stereocenters. The topological polar surface area (TPSA) is 59.5 Å². The lowest BCUT2D eigenvalue weighted by Gasteiger charge is -2.30.